The molecule has 0 radical (unpaired) electrons. The lowest BCUT2D eigenvalue weighted by atomic mass is 10.1. The summed E-state index contributed by atoms with van der Waals surface area (Å²) in [7, 11) is -3.14. The van der Waals surface area contributed by atoms with Crippen molar-refractivity contribution in [1.82, 2.24) is 4.72 Å². The number of nitrogens with one attached hydrogen (secondary N) is 1. The lowest BCUT2D eigenvalue weighted by Crippen LogP contribution is -2.26. The van der Waals surface area contributed by atoms with Gasteiger partial charge in [-0.1, -0.05) is 0 Å². The van der Waals surface area contributed by atoms with Crippen molar-refractivity contribution >= 4 is 33.8 Å². The molecule has 3 N–H and O–H groups in total. The van der Waals surface area contributed by atoms with E-state index in [0.29, 0.717) is 18.7 Å². The predicted molar refractivity (Wildman–Crippen MR) is 88.2 cm³/mol. The number of benzene rings is 1. The van der Waals surface area contributed by atoms with Crippen LogP contribution in [-0.4, -0.2) is 34.3 Å². The molecule has 0 atom stereocenters. The van der Waals surface area contributed by atoms with Crippen molar-refractivity contribution in [3.8, 4) is 0 Å². The Balaban J connectivity index is 0.00000361. The van der Waals surface area contributed by atoms with E-state index in [9.17, 15) is 8.42 Å². The number of sulfonamides is 1. The first-order valence-electron chi connectivity index (χ1n) is 6.45. The molecule has 0 heterocycles. The molecule has 5 nitrogen and oxygen atoms in total. The summed E-state index contributed by atoms with van der Waals surface area (Å²) in [5, 5.41) is 0. The van der Waals surface area contributed by atoms with Gasteiger partial charge in [0.1, 0.15) is 0 Å². The van der Waals surface area contributed by atoms with Crippen LogP contribution in [0.5, 0.6) is 0 Å². The first-order chi connectivity index (χ1) is 8.87. The van der Waals surface area contributed by atoms with E-state index in [-0.39, 0.29) is 12.4 Å². The second-order valence-electron chi connectivity index (χ2n) is 4.48. The number of hydrogen-bond donors (Lipinski definition) is 2. The number of nitrogens with zero attached hydrogens (tertiary/aromatic N) is 1. The smallest absolute Gasteiger partial charge is 0.208 e. The van der Waals surface area contributed by atoms with Gasteiger partial charge in [-0.05, 0) is 44.0 Å². The van der Waals surface area contributed by atoms with E-state index in [4.69, 9.17) is 5.73 Å². The van der Waals surface area contributed by atoms with Crippen molar-refractivity contribution in [1.29, 1.82) is 0 Å². The Hall–Kier alpha value is -0.980. The van der Waals surface area contributed by atoms with Crippen molar-refractivity contribution < 1.29 is 8.42 Å². The molecule has 0 aliphatic heterocycles. The number of hydrogen-bond acceptors (Lipinski definition) is 4. The summed E-state index contributed by atoms with van der Waals surface area (Å²) >= 11 is 0. The lowest BCUT2D eigenvalue weighted by molar-refractivity contribution is 0.588. The molecule has 7 heteroatoms. The molecule has 0 spiro atoms. The van der Waals surface area contributed by atoms with Crippen molar-refractivity contribution in [3.63, 3.8) is 0 Å². The van der Waals surface area contributed by atoms with E-state index < -0.39 is 10.0 Å². The standard InChI is InChI=1S/C13H23N3O2S.ClH/c1-4-16(5-2)13-7-6-12(14)10-11(13)8-9-15-19(3,17)18;/h6-7,10,15H,4-5,8-9,14H2,1-3H3;1H. The Labute approximate surface area is 128 Å². The minimum Gasteiger partial charge on any atom is -0.399 e. The molecule has 1 rings (SSSR count). The van der Waals surface area contributed by atoms with Crippen molar-refractivity contribution in [2.24, 2.45) is 0 Å². The summed E-state index contributed by atoms with van der Waals surface area (Å²) < 4.78 is 24.7. The highest BCUT2D eigenvalue weighted by atomic mass is 35.5. The average molecular weight is 322 g/mol. The van der Waals surface area contributed by atoms with Gasteiger partial charge in [-0.15, -0.1) is 12.4 Å². The molecule has 0 amide bonds. The van der Waals surface area contributed by atoms with Gasteiger partial charge >= 0.3 is 0 Å². The zero-order valence-corrected chi connectivity index (χ0v) is 13.9. The molecular weight excluding hydrogens is 298 g/mol. The van der Waals surface area contributed by atoms with Crippen molar-refractivity contribution in [3.05, 3.63) is 23.8 Å². The Bertz CT molecular complexity index is 516. The van der Waals surface area contributed by atoms with Gasteiger partial charge in [0, 0.05) is 31.0 Å². The van der Waals surface area contributed by atoms with E-state index >= 15 is 0 Å². The zero-order chi connectivity index (χ0) is 14.5. The van der Waals surface area contributed by atoms with Gasteiger partial charge in [0.05, 0.1) is 6.26 Å². The molecular formula is C13H24ClN3O2S. The molecule has 20 heavy (non-hydrogen) atoms. The van der Waals surface area contributed by atoms with E-state index in [2.05, 4.69) is 23.5 Å². The number of anilines is 2. The number of nitrogen functional groups attached to an aromatic ring is 1. The first kappa shape index (κ1) is 19.0. The van der Waals surface area contributed by atoms with Gasteiger partial charge in [0.2, 0.25) is 10.0 Å². The summed E-state index contributed by atoms with van der Waals surface area (Å²) in [6.45, 7) is 6.40. The topological polar surface area (TPSA) is 75.4 Å². The maximum atomic E-state index is 11.1. The molecule has 0 aliphatic carbocycles. The van der Waals surface area contributed by atoms with Crippen LogP contribution in [0.4, 0.5) is 11.4 Å². The third kappa shape index (κ3) is 5.98. The predicted octanol–water partition coefficient (Wildman–Crippen LogP) is 1.63. The molecule has 1 aromatic carbocycles. The Morgan fingerprint density at radius 3 is 2.35 bits per heavy atom. The van der Waals surface area contributed by atoms with Crippen LogP contribution in [0.25, 0.3) is 0 Å². The van der Waals surface area contributed by atoms with E-state index in [1.165, 1.54) is 0 Å². The van der Waals surface area contributed by atoms with Crippen LogP contribution in [0, 0.1) is 0 Å². The second-order valence-corrected chi connectivity index (χ2v) is 6.31. The van der Waals surface area contributed by atoms with Crippen LogP contribution in [0.1, 0.15) is 19.4 Å². The minimum absolute atomic E-state index is 0. The maximum absolute atomic E-state index is 11.1. The van der Waals surface area contributed by atoms with Gasteiger partial charge in [-0.3, -0.25) is 0 Å². The van der Waals surface area contributed by atoms with Crippen molar-refractivity contribution in [2.45, 2.75) is 20.3 Å². The molecule has 1 aromatic rings. The fraction of sp³-hybridized carbons (Fsp3) is 0.538. The molecule has 0 bridgehead atoms. The van der Waals surface area contributed by atoms with Crippen LogP contribution in [0.2, 0.25) is 0 Å². The lowest BCUT2D eigenvalue weighted by Gasteiger charge is -2.24. The van der Waals surface area contributed by atoms with Crippen LogP contribution >= 0.6 is 12.4 Å². The molecule has 0 saturated carbocycles. The highest BCUT2D eigenvalue weighted by Crippen LogP contribution is 2.23. The molecule has 0 aromatic heterocycles. The highest BCUT2D eigenvalue weighted by molar-refractivity contribution is 7.88. The second kappa shape index (κ2) is 8.34. The Morgan fingerprint density at radius 2 is 1.85 bits per heavy atom. The van der Waals surface area contributed by atoms with Gasteiger partial charge in [-0.2, -0.15) is 0 Å². The van der Waals surface area contributed by atoms with Crippen LogP contribution in [0.15, 0.2) is 18.2 Å². The zero-order valence-electron chi connectivity index (χ0n) is 12.2. The average Bonchev–Trinajstić information content (AvgIpc) is 2.31. The fourth-order valence-corrected chi connectivity index (χ4v) is 2.52. The third-order valence-electron chi connectivity index (χ3n) is 2.97. The molecule has 116 valence electrons. The number of rotatable bonds is 7. The molecule has 0 unspecified atom stereocenters. The highest BCUT2D eigenvalue weighted by Gasteiger charge is 2.09. The SMILES string of the molecule is CCN(CC)c1ccc(N)cc1CCNS(C)(=O)=O.Cl. The Kier molecular flexibility index (Phi) is 7.93. The van der Waals surface area contributed by atoms with Gasteiger partial charge in [0.15, 0.2) is 0 Å². The Morgan fingerprint density at radius 1 is 1.25 bits per heavy atom. The summed E-state index contributed by atoms with van der Waals surface area (Å²) in [5.41, 5.74) is 8.70. The summed E-state index contributed by atoms with van der Waals surface area (Å²) in [5.74, 6) is 0. The van der Waals surface area contributed by atoms with Gasteiger partial charge < -0.3 is 10.6 Å². The third-order valence-corrected chi connectivity index (χ3v) is 3.69. The monoisotopic (exact) mass is 321 g/mol. The number of halogens is 1. The fourth-order valence-electron chi connectivity index (χ4n) is 2.05. The van der Waals surface area contributed by atoms with E-state index in [0.717, 1.165) is 30.6 Å². The quantitative estimate of drug-likeness (QED) is 0.748. The molecule has 0 aliphatic rings. The first-order valence-corrected chi connectivity index (χ1v) is 8.34. The van der Waals surface area contributed by atoms with Crippen LogP contribution < -0.4 is 15.4 Å². The van der Waals surface area contributed by atoms with Gasteiger partial charge in [0.25, 0.3) is 0 Å². The minimum atomic E-state index is -3.14. The van der Waals surface area contributed by atoms with Crippen LogP contribution in [0.3, 0.4) is 0 Å². The largest absolute Gasteiger partial charge is 0.399 e. The van der Waals surface area contributed by atoms with Crippen LogP contribution in [-0.2, 0) is 16.4 Å². The molecule has 0 fully saturated rings. The maximum Gasteiger partial charge on any atom is 0.208 e. The number of nitrogens with two attached hydrogens (primary N) is 1. The summed E-state index contributed by atoms with van der Waals surface area (Å²) in [4.78, 5) is 2.23. The summed E-state index contributed by atoms with van der Waals surface area (Å²) in [6.07, 6.45) is 1.79. The van der Waals surface area contributed by atoms with E-state index in [1.807, 2.05) is 18.2 Å². The van der Waals surface area contributed by atoms with E-state index in [1.54, 1.807) is 0 Å². The van der Waals surface area contributed by atoms with Crippen molar-refractivity contribution in [2.75, 3.05) is 36.5 Å². The molecule has 0 saturated heterocycles. The summed E-state index contributed by atoms with van der Waals surface area (Å²) in [6, 6.07) is 5.79. The van der Waals surface area contributed by atoms with Gasteiger partial charge in [-0.25, -0.2) is 13.1 Å². The normalized spacial score (nSPS) is 10.9.